The monoisotopic (exact) mass is 311 g/mol. The summed E-state index contributed by atoms with van der Waals surface area (Å²) in [7, 11) is 4.15. The Morgan fingerprint density at radius 2 is 2.17 bits per heavy atom. The molecule has 18 heavy (non-hydrogen) atoms. The van der Waals surface area contributed by atoms with Crippen LogP contribution in [-0.2, 0) is 0 Å². The number of hydrogen-bond acceptors (Lipinski definition) is 3. The number of benzene rings is 1. The van der Waals surface area contributed by atoms with Crippen molar-refractivity contribution in [3.8, 4) is 0 Å². The number of nitrogens with one attached hydrogen (secondary N) is 1. The van der Waals surface area contributed by atoms with E-state index >= 15 is 0 Å². The fourth-order valence-corrected chi connectivity index (χ4v) is 3.08. The van der Waals surface area contributed by atoms with Gasteiger partial charge in [0.25, 0.3) is 0 Å². The van der Waals surface area contributed by atoms with Crippen molar-refractivity contribution < 1.29 is 0 Å². The van der Waals surface area contributed by atoms with Gasteiger partial charge in [0, 0.05) is 24.6 Å². The normalized spacial score (nSPS) is 23.1. The Morgan fingerprint density at radius 3 is 2.83 bits per heavy atom. The molecule has 4 heteroatoms. The van der Waals surface area contributed by atoms with Gasteiger partial charge in [-0.25, -0.2) is 0 Å². The maximum absolute atomic E-state index is 5.85. The summed E-state index contributed by atoms with van der Waals surface area (Å²) in [4.78, 5) is 2.14. The molecule has 0 bridgehead atoms. The summed E-state index contributed by atoms with van der Waals surface area (Å²) in [5, 5.41) is 3.68. The molecule has 0 spiro atoms. The smallest absolute Gasteiger partial charge is 0.0597 e. The van der Waals surface area contributed by atoms with Gasteiger partial charge in [-0.3, -0.25) is 0 Å². The zero-order valence-corrected chi connectivity index (χ0v) is 12.7. The molecular weight excluding hydrogens is 290 g/mol. The van der Waals surface area contributed by atoms with Gasteiger partial charge in [0.1, 0.15) is 0 Å². The summed E-state index contributed by atoms with van der Waals surface area (Å²) < 4.78 is 1.11. The van der Waals surface area contributed by atoms with Crippen molar-refractivity contribution in [1.82, 2.24) is 0 Å². The van der Waals surface area contributed by atoms with Crippen molar-refractivity contribution in [3.05, 3.63) is 22.7 Å². The van der Waals surface area contributed by atoms with Gasteiger partial charge in [0.05, 0.1) is 11.4 Å². The molecule has 2 unspecified atom stereocenters. The average Bonchev–Trinajstić information content (AvgIpc) is 2.76. The summed E-state index contributed by atoms with van der Waals surface area (Å²) in [6.07, 6.45) is 3.76. The van der Waals surface area contributed by atoms with Crippen LogP contribution in [0.2, 0.25) is 0 Å². The second-order valence-corrected chi connectivity index (χ2v) is 6.15. The molecule has 0 aromatic heterocycles. The van der Waals surface area contributed by atoms with Crippen molar-refractivity contribution >= 4 is 27.3 Å². The molecule has 0 aliphatic heterocycles. The molecule has 1 aromatic rings. The molecule has 2 rings (SSSR count). The minimum absolute atomic E-state index is 0.517. The molecule has 1 aliphatic rings. The summed E-state index contributed by atoms with van der Waals surface area (Å²) in [5.74, 6) is 0.610. The van der Waals surface area contributed by atoms with Gasteiger partial charge in [-0.2, -0.15) is 0 Å². The van der Waals surface area contributed by atoms with Crippen molar-refractivity contribution in [2.45, 2.75) is 25.3 Å². The van der Waals surface area contributed by atoms with Crippen LogP contribution in [0.25, 0.3) is 0 Å². The molecule has 1 saturated carbocycles. The Kier molecular flexibility index (Phi) is 4.51. The third kappa shape index (κ3) is 2.98. The number of nitrogens with two attached hydrogens (primary N) is 1. The lowest BCUT2D eigenvalue weighted by atomic mass is 10.0. The predicted molar refractivity (Wildman–Crippen MR) is 82.3 cm³/mol. The van der Waals surface area contributed by atoms with E-state index in [0.717, 1.165) is 11.0 Å². The molecule has 1 aliphatic carbocycles. The molecule has 1 fully saturated rings. The van der Waals surface area contributed by atoms with Crippen LogP contribution in [0.4, 0.5) is 11.4 Å². The van der Waals surface area contributed by atoms with E-state index in [1.54, 1.807) is 0 Å². The zero-order valence-electron chi connectivity index (χ0n) is 11.1. The van der Waals surface area contributed by atoms with Crippen LogP contribution in [-0.4, -0.2) is 26.7 Å². The molecule has 0 radical (unpaired) electrons. The Bertz CT molecular complexity index is 406. The summed E-state index contributed by atoms with van der Waals surface area (Å²) in [5.41, 5.74) is 8.26. The second kappa shape index (κ2) is 5.93. The maximum atomic E-state index is 5.85. The van der Waals surface area contributed by atoms with Crippen LogP contribution in [0.3, 0.4) is 0 Å². The first-order valence-electron chi connectivity index (χ1n) is 6.55. The Labute approximate surface area is 118 Å². The quantitative estimate of drug-likeness (QED) is 0.898. The van der Waals surface area contributed by atoms with Crippen LogP contribution in [0.1, 0.15) is 19.3 Å². The highest BCUT2D eigenvalue weighted by Crippen LogP contribution is 2.33. The zero-order chi connectivity index (χ0) is 13.1. The van der Waals surface area contributed by atoms with E-state index in [9.17, 15) is 0 Å². The number of nitrogens with zero attached hydrogens (tertiary/aromatic N) is 1. The lowest BCUT2D eigenvalue weighted by molar-refractivity contribution is 0.516. The largest absolute Gasteiger partial charge is 0.380 e. The highest BCUT2D eigenvalue weighted by atomic mass is 79.9. The number of anilines is 2. The molecular formula is C14H22BrN3. The van der Waals surface area contributed by atoms with E-state index in [1.165, 1.54) is 30.6 Å². The van der Waals surface area contributed by atoms with Gasteiger partial charge in [-0.1, -0.05) is 22.4 Å². The number of hydrogen-bond donors (Lipinski definition) is 2. The Morgan fingerprint density at radius 1 is 1.39 bits per heavy atom. The van der Waals surface area contributed by atoms with Crippen LogP contribution in [0, 0.1) is 5.92 Å². The fraction of sp³-hybridized carbons (Fsp3) is 0.571. The van der Waals surface area contributed by atoms with Gasteiger partial charge in [0.2, 0.25) is 0 Å². The van der Waals surface area contributed by atoms with Crippen molar-refractivity contribution in [2.24, 2.45) is 11.7 Å². The average molecular weight is 312 g/mol. The minimum atomic E-state index is 0.517. The van der Waals surface area contributed by atoms with Crippen LogP contribution < -0.4 is 16.0 Å². The van der Waals surface area contributed by atoms with E-state index in [0.29, 0.717) is 12.0 Å². The first kappa shape index (κ1) is 13.7. The van der Waals surface area contributed by atoms with Crippen molar-refractivity contribution in [3.63, 3.8) is 0 Å². The molecule has 2 atom stereocenters. The SMILES string of the molecule is CN(C)c1ccc(Br)cc1NC1CCCC1CN. The summed E-state index contributed by atoms with van der Waals surface area (Å²) in [6.45, 7) is 0.781. The fourth-order valence-electron chi connectivity index (χ4n) is 2.72. The van der Waals surface area contributed by atoms with Crippen LogP contribution >= 0.6 is 15.9 Å². The third-order valence-electron chi connectivity index (χ3n) is 3.74. The van der Waals surface area contributed by atoms with E-state index in [4.69, 9.17) is 5.73 Å². The highest BCUT2D eigenvalue weighted by Gasteiger charge is 2.26. The topological polar surface area (TPSA) is 41.3 Å². The molecule has 0 saturated heterocycles. The number of rotatable bonds is 4. The lowest BCUT2D eigenvalue weighted by Crippen LogP contribution is -2.30. The number of halogens is 1. The van der Waals surface area contributed by atoms with E-state index in [1.807, 2.05) is 0 Å². The molecule has 1 aromatic carbocycles. The van der Waals surface area contributed by atoms with Crippen molar-refractivity contribution in [1.29, 1.82) is 0 Å². The molecule has 0 amide bonds. The first-order valence-corrected chi connectivity index (χ1v) is 7.34. The second-order valence-electron chi connectivity index (χ2n) is 5.23. The predicted octanol–water partition coefficient (Wildman–Crippen LogP) is 3.05. The van der Waals surface area contributed by atoms with Crippen LogP contribution in [0.15, 0.2) is 22.7 Å². The Hall–Kier alpha value is -0.740. The van der Waals surface area contributed by atoms with Gasteiger partial charge in [-0.05, 0) is 43.5 Å². The molecule has 100 valence electrons. The summed E-state index contributed by atoms with van der Waals surface area (Å²) in [6, 6.07) is 6.89. The van der Waals surface area contributed by atoms with E-state index in [-0.39, 0.29) is 0 Å². The third-order valence-corrected chi connectivity index (χ3v) is 4.24. The molecule has 3 N–H and O–H groups in total. The highest BCUT2D eigenvalue weighted by molar-refractivity contribution is 9.10. The maximum Gasteiger partial charge on any atom is 0.0597 e. The minimum Gasteiger partial charge on any atom is -0.380 e. The van der Waals surface area contributed by atoms with E-state index in [2.05, 4.69) is 58.4 Å². The van der Waals surface area contributed by atoms with Crippen LogP contribution in [0.5, 0.6) is 0 Å². The molecule has 3 nitrogen and oxygen atoms in total. The van der Waals surface area contributed by atoms with Gasteiger partial charge in [0.15, 0.2) is 0 Å². The van der Waals surface area contributed by atoms with Gasteiger partial charge in [-0.15, -0.1) is 0 Å². The summed E-state index contributed by atoms with van der Waals surface area (Å²) >= 11 is 3.54. The standard InChI is InChI=1S/C14H22BrN3/c1-18(2)14-7-6-11(15)8-13(14)17-12-5-3-4-10(12)9-16/h6-8,10,12,17H,3-5,9,16H2,1-2H3. The first-order chi connectivity index (χ1) is 8.61. The molecule has 0 heterocycles. The van der Waals surface area contributed by atoms with E-state index < -0.39 is 0 Å². The van der Waals surface area contributed by atoms with Gasteiger partial charge >= 0.3 is 0 Å². The Balaban J connectivity index is 2.19. The lowest BCUT2D eigenvalue weighted by Gasteiger charge is -2.25. The van der Waals surface area contributed by atoms with Gasteiger partial charge < -0.3 is 16.0 Å². The van der Waals surface area contributed by atoms with Crippen molar-refractivity contribution in [2.75, 3.05) is 30.9 Å².